The fraction of sp³-hybridized carbons (Fsp3) is 0.351. The molecule has 6 aromatic rings. The number of ether oxygens (including phenoxy) is 11. The van der Waals surface area contributed by atoms with Crippen LogP contribution in [0, 0.1) is 0 Å². The quantitative estimate of drug-likeness (QED) is 0.0539. The van der Waals surface area contributed by atoms with E-state index in [0.29, 0.717) is 6.61 Å². The average Bonchev–Trinajstić information content (AvgIpc) is 3.39. The molecule has 0 spiro atoms. The van der Waals surface area contributed by atoms with Crippen molar-refractivity contribution in [1.82, 2.24) is 0 Å². The number of methoxy groups -OCH3 is 1. The summed E-state index contributed by atoms with van der Waals surface area (Å²) in [5.41, 5.74) is 5.73. The largest absolute Gasteiger partial charge is 0.457 e. The molecule has 2 aliphatic heterocycles. The Balaban J connectivity index is 1.18. The minimum atomic E-state index is -1.17. The van der Waals surface area contributed by atoms with Crippen LogP contribution in [0.15, 0.2) is 182 Å². The second kappa shape index (κ2) is 26.4. The molecule has 0 bridgehead atoms. The fourth-order valence-electron chi connectivity index (χ4n) is 8.51. The summed E-state index contributed by atoms with van der Waals surface area (Å²) < 4.78 is 73.6. The summed E-state index contributed by atoms with van der Waals surface area (Å²) in [6, 6.07) is 59.3. The molecule has 8 rings (SSSR count). The molecule has 2 fully saturated rings. The van der Waals surface area contributed by atoms with Gasteiger partial charge in [-0.3, -0.25) is 4.79 Å². The molecule has 10 atom stereocenters. The van der Waals surface area contributed by atoms with E-state index in [1.54, 1.807) is 0 Å². The Morgan fingerprint density at radius 3 is 1.09 bits per heavy atom. The zero-order chi connectivity index (χ0) is 47.5. The lowest BCUT2D eigenvalue weighted by molar-refractivity contribution is -0.372. The Bertz CT molecular complexity index is 2350. The van der Waals surface area contributed by atoms with Gasteiger partial charge in [-0.05, 0) is 33.4 Å². The smallest absolute Gasteiger partial charge is 0.303 e. The summed E-state index contributed by atoms with van der Waals surface area (Å²) in [5, 5.41) is 0. The van der Waals surface area contributed by atoms with Gasteiger partial charge in [0.1, 0.15) is 42.7 Å². The number of esters is 1. The van der Waals surface area contributed by atoms with Crippen molar-refractivity contribution >= 4 is 5.97 Å². The molecule has 362 valence electrons. The summed E-state index contributed by atoms with van der Waals surface area (Å²) in [6.07, 6.45) is -9.26. The Labute approximate surface area is 405 Å². The minimum Gasteiger partial charge on any atom is -0.457 e. The van der Waals surface area contributed by atoms with Gasteiger partial charge in [0.2, 0.25) is 0 Å². The van der Waals surface area contributed by atoms with Crippen LogP contribution < -0.4 is 0 Å². The third-order valence-corrected chi connectivity index (χ3v) is 11.9. The van der Waals surface area contributed by atoms with Gasteiger partial charge in [0.25, 0.3) is 0 Å². The van der Waals surface area contributed by atoms with Crippen molar-refractivity contribution in [2.45, 2.75) is 108 Å². The highest BCUT2D eigenvalue weighted by atomic mass is 16.8. The third kappa shape index (κ3) is 14.7. The van der Waals surface area contributed by atoms with Crippen molar-refractivity contribution in [2.75, 3.05) is 20.3 Å². The van der Waals surface area contributed by atoms with Crippen molar-refractivity contribution in [3.63, 3.8) is 0 Å². The van der Waals surface area contributed by atoms with Crippen molar-refractivity contribution in [1.29, 1.82) is 0 Å². The maximum atomic E-state index is 13.2. The summed E-state index contributed by atoms with van der Waals surface area (Å²) in [7, 11) is 1.53. The minimum absolute atomic E-state index is 0.0329. The Morgan fingerprint density at radius 1 is 0.391 bits per heavy atom. The molecular formula is C57H62O12. The van der Waals surface area contributed by atoms with Crippen LogP contribution in [0.3, 0.4) is 0 Å². The van der Waals surface area contributed by atoms with Crippen molar-refractivity contribution in [3.05, 3.63) is 215 Å². The molecular weight excluding hydrogens is 877 g/mol. The number of carbonyl (C=O) groups excluding carboxylic acids is 1. The Hall–Kier alpha value is -5.61. The van der Waals surface area contributed by atoms with Gasteiger partial charge in [-0.15, -0.1) is 0 Å². The molecule has 0 aromatic heterocycles. The Kier molecular flexibility index (Phi) is 19.0. The Morgan fingerprint density at radius 2 is 0.710 bits per heavy atom. The van der Waals surface area contributed by atoms with Crippen LogP contribution >= 0.6 is 0 Å². The summed E-state index contributed by atoms with van der Waals surface area (Å²) in [6.45, 7) is 2.97. The summed E-state index contributed by atoms with van der Waals surface area (Å²) in [5.74, 6) is -0.547. The highest BCUT2D eigenvalue weighted by Crippen LogP contribution is 2.36. The standard InChI is InChI=1S/C57H62O12/c1-41(58)66-53-51(49(40-61-34-43-23-11-4-12-24-43)67-56(59-2)55(53)65-38-47-31-19-8-20-32-47)69-57-54(64-37-46-29-17-7-18-30-46)52(63-36-45-27-15-6-16-28-45)50(62-35-44-25-13-5-14-26-44)48(68-57)39-60-33-42-21-9-3-10-22-42/h3-32,48-57H,33-40H2,1-2H3/t48-,49-,50-,51-,52+,53+,54-,55-,56+,57-/m1/s1. The summed E-state index contributed by atoms with van der Waals surface area (Å²) >= 11 is 0. The first-order valence-corrected chi connectivity index (χ1v) is 23.5. The van der Waals surface area contributed by atoms with Gasteiger partial charge in [-0.25, -0.2) is 0 Å². The maximum absolute atomic E-state index is 13.2. The summed E-state index contributed by atoms with van der Waals surface area (Å²) in [4.78, 5) is 13.2. The van der Waals surface area contributed by atoms with E-state index in [2.05, 4.69) is 0 Å². The average molecular weight is 939 g/mol. The maximum Gasteiger partial charge on any atom is 0.303 e. The molecule has 0 aliphatic carbocycles. The lowest BCUT2D eigenvalue weighted by Gasteiger charge is -2.49. The van der Waals surface area contributed by atoms with Gasteiger partial charge in [-0.1, -0.05) is 182 Å². The number of hydrogen-bond donors (Lipinski definition) is 0. The van der Waals surface area contributed by atoms with E-state index in [-0.39, 0.29) is 46.2 Å². The monoisotopic (exact) mass is 938 g/mol. The molecule has 2 aliphatic rings. The highest BCUT2D eigenvalue weighted by molar-refractivity contribution is 5.66. The molecule has 69 heavy (non-hydrogen) atoms. The molecule has 0 saturated carbocycles. The van der Waals surface area contributed by atoms with Crippen molar-refractivity contribution in [3.8, 4) is 0 Å². The first-order chi connectivity index (χ1) is 34.0. The first kappa shape index (κ1) is 49.8. The molecule has 2 saturated heterocycles. The number of hydrogen-bond acceptors (Lipinski definition) is 12. The molecule has 12 nitrogen and oxygen atoms in total. The van der Waals surface area contributed by atoms with Gasteiger partial charge < -0.3 is 52.1 Å². The second-order valence-corrected chi connectivity index (χ2v) is 17.0. The van der Waals surface area contributed by atoms with Crippen LogP contribution in [0.25, 0.3) is 0 Å². The van der Waals surface area contributed by atoms with Crippen LogP contribution in [-0.2, 0) is 96.5 Å². The van der Waals surface area contributed by atoms with Crippen LogP contribution in [-0.4, -0.2) is 87.7 Å². The predicted octanol–water partition coefficient (Wildman–Crippen LogP) is 9.17. The van der Waals surface area contributed by atoms with E-state index < -0.39 is 67.4 Å². The van der Waals surface area contributed by atoms with E-state index in [1.165, 1.54) is 14.0 Å². The zero-order valence-electron chi connectivity index (χ0n) is 39.1. The molecule has 6 aromatic carbocycles. The second-order valence-electron chi connectivity index (χ2n) is 17.0. The molecule has 2 heterocycles. The molecule has 12 heteroatoms. The van der Waals surface area contributed by atoms with E-state index in [1.807, 2.05) is 182 Å². The highest BCUT2D eigenvalue weighted by Gasteiger charge is 2.55. The van der Waals surface area contributed by atoms with Gasteiger partial charge >= 0.3 is 5.97 Å². The van der Waals surface area contributed by atoms with Gasteiger partial charge in [0.05, 0.1) is 52.9 Å². The number of rotatable bonds is 24. The van der Waals surface area contributed by atoms with Gasteiger partial charge in [0, 0.05) is 14.0 Å². The molecule has 0 N–H and O–H groups in total. The fourth-order valence-corrected chi connectivity index (χ4v) is 8.51. The van der Waals surface area contributed by atoms with Gasteiger partial charge in [0.15, 0.2) is 18.7 Å². The predicted molar refractivity (Wildman–Crippen MR) is 257 cm³/mol. The van der Waals surface area contributed by atoms with Crippen LogP contribution in [0.2, 0.25) is 0 Å². The molecule has 0 radical (unpaired) electrons. The number of benzene rings is 6. The van der Waals surface area contributed by atoms with Crippen LogP contribution in [0.5, 0.6) is 0 Å². The molecule has 0 unspecified atom stereocenters. The normalized spacial score (nSPS) is 24.7. The lowest BCUT2D eigenvalue weighted by Crippen LogP contribution is -2.66. The zero-order valence-corrected chi connectivity index (χ0v) is 39.1. The number of carbonyl (C=O) groups is 1. The van der Waals surface area contributed by atoms with Gasteiger partial charge in [-0.2, -0.15) is 0 Å². The van der Waals surface area contributed by atoms with Crippen molar-refractivity contribution < 1.29 is 56.9 Å². The van der Waals surface area contributed by atoms with Crippen LogP contribution in [0.1, 0.15) is 40.3 Å². The van der Waals surface area contributed by atoms with E-state index >= 15 is 0 Å². The third-order valence-electron chi connectivity index (χ3n) is 11.9. The van der Waals surface area contributed by atoms with Crippen LogP contribution in [0.4, 0.5) is 0 Å². The van der Waals surface area contributed by atoms with E-state index in [4.69, 9.17) is 52.1 Å². The first-order valence-electron chi connectivity index (χ1n) is 23.5. The topological polar surface area (TPSA) is 119 Å². The lowest BCUT2D eigenvalue weighted by atomic mass is 9.95. The van der Waals surface area contributed by atoms with Crippen molar-refractivity contribution in [2.24, 2.45) is 0 Å². The SMILES string of the molecule is CO[C@H]1O[C@H](COCc2ccccc2)[C@@H](O[C@H]2O[C@H](COCc3ccccc3)[C@@H](OCc3ccccc3)[C@H](OCc3ccccc3)[C@H]2OCc2ccccc2)[C@H](OC(C)=O)[C@H]1OCc1ccccc1. The van der Waals surface area contributed by atoms with E-state index in [0.717, 1.165) is 33.4 Å². The van der Waals surface area contributed by atoms with E-state index in [9.17, 15) is 4.79 Å². The molecule has 0 amide bonds.